The fourth-order valence-corrected chi connectivity index (χ4v) is 1.38. The molecule has 80 valence electrons. The first-order valence-corrected chi connectivity index (χ1v) is 4.36. The van der Waals surface area contributed by atoms with Crippen molar-refractivity contribution < 1.29 is 13.5 Å². The summed E-state index contributed by atoms with van der Waals surface area (Å²) in [6.45, 7) is 0. The molecule has 1 heterocycles. The van der Waals surface area contributed by atoms with Crippen LogP contribution in [-0.4, -0.2) is 12.1 Å². The highest BCUT2D eigenvalue weighted by molar-refractivity contribution is 6.31. The Morgan fingerprint density at radius 1 is 1.67 bits per heavy atom. The number of hydrogen-bond donors (Lipinski definition) is 0. The van der Waals surface area contributed by atoms with Crippen molar-refractivity contribution in [3.63, 3.8) is 0 Å². The topological polar surface area (TPSA) is 45.9 Å². The highest BCUT2D eigenvalue weighted by Gasteiger charge is 2.21. The van der Waals surface area contributed by atoms with Crippen LogP contribution in [0.3, 0.4) is 0 Å². The van der Waals surface area contributed by atoms with Crippen molar-refractivity contribution >= 4 is 11.6 Å². The van der Waals surface area contributed by atoms with Gasteiger partial charge in [0.15, 0.2) is 5.75 Å². The summed E-state index contributed by atoms with van der Waals surface area (Å²) in [6, 6.07) is 1.81. The van der Waals surface area contributed by atoms with Crippen molar-refractivity contribution in [3.05, 3.63) is 22.5 Å². The van der Waals surface area contributed by atoms with Gasteiger partial charge < -0.3 is 4.74 Å². The zero-order chi connectivity index (χ0) is 11.4. The van der Waals surface area contributed by atoms with Gasteiger partial charge in [0, 0.05) is 6.20 Å². The van der Waals surface area contributed by atoms with E-state index in [1.165, 1.54) is 7.11 Å². The second-order valence-electron chi connectivity index (χ2n) is 2.64. The minimum Gasteiger partial charge on any atom is -0.494 e. The smallest absolute Gasteiger partial charge is 0.268 e. The van der Waals surface area contributed by atoms with Gasteiger partial charge in [-0.3, -0.25) is 4.98 Å². The fraction of sp³-hybridized carbons (Fsp3) is 0.333. The third-order valence-electron chi connectivity index (χ3n) is 1.77. The van der Waals surface area contributed by atoms with Gasteiger partial charge in [0.2, 0.25) is 0 Å². The molecule has 0 bridgehead atoms. The Morgan fingerprint density at radius 2 is 2.33 bits per heavy atom. The number of alkyl halides is 2. The first kappa shape index (κ1) is 11.7. The summed E-state index contributed by atoms with van der Waals surface area (Å²) in [7, 11) is 1.24. The van der Waals surface area contributed by atoms with Crippen molar-refractivity contribution in [1.82, 2.24) is 4.98 Å². The lowest BCUT2D eigenvalue weighted by atomic mass is 10.1. The monoisotopic (exact) mass is 232 g/mol. The Morgan fingerprint density at radius 3 is 2.80 bits per heavy atom. The van der Waals surface area contributed by atoms with E-state index in [-0.39, 0.29) is 22.9 Å². The molecule has 1 aromatic rings. The second kappa shape index (κ2) is 4.89. The Kier molecular flexibility index (Phi) is 3.81. The Labute approximate surface area is 90.3 Å². The average Bonchev–Trinajstić information content (AvgIpc) is 2.19. The van der Waals surface area contributed by atoms with Crippen molar-refractivity contribution in [2.75, 3.05) is 7.11 Å². The molecule has 1 rings (SSSR count). The van der Waals surface area contributed by atoms with Gasteiger partial charge in [-0.1, -0.05) is 11.6 Å². The van der Waals surface area contributed by atoms with Crippen LogP contribution in [0.5, 0.6) is 5.75 Å². The molecule has 0 radical (unpaired) electrons. The molecule has 0 aliphatic rings. The summed E-state index contributed by atoms with van der Waals surface area (Å²) in [5.41, 5.74) is -0.251. The number of pyridine rings is 1. The van der Waals surface area contributed by atoms with Crippen molar-refractivity contribution in [3.8, 4) is 11.8 Å². The van der Waals surface area contributed by atoms with E-state index in [0.29, 0.717) is 0 Å². The molecule has 15 heavy (non-hydrogen) atoms. The van der Waals surface area contributed by atoms with Crippen LogP contribution in [0.2, 0.25) is 5.02 Å². The van der Waals surface area contributed by atoms with Crippen LogP contribution < -0.4 is 4.74 Å². The van der Waals surface area contributed by atoms with E-state index in [9.17, 15) is 8.78 Å². The third-order valence-corrected chi connectivity index (χ3v) is 2.07. The minimum absolute atomic E-state index is 0.0972. The lowest BCUT2D eigenvalue weighted by Gasteiger charge is -2.11. The molecule has 0 saturated heterocycles. The van der Waals surface area contributed by atoms with Gasteiger partial charge in [-0.15, -0.1) is 0 Å². The Hall–Kier alpha value is -1.41. The molecule has 0 aliphatic heterocycles. The van der Waals surface area contributed by atoms with Gasteiger partial charge in [-0.2, -0.15) is 5.26 Å². The Bertz CT molecular complexity index is 404. The standard InChI is InChI=1S/C9H7ClF2N2O/c1-15-8-6(2-3-13)14-4-5(10)7(8)9(11)12/h4,9H,2H2,1H3. The number of nitrogens with zero attached hydrogens (tertiary/aromatic N) is 2. The maximum Gasteiger partial charge on any atom is 0.268 e. The van der Waals surface area contributed by atoms with Crippen LogP contribution in [0, 0.1) is 11.3 Å². The van der Waals surface area contributed by atoms with Crippen molar-refractivity contribution in [2.24, 2.45) is 0 Å². The normalized spacial score (nSPS) is 10.1. The molecule has 1 aromatic heterocycles. The molecule has 0 atom stereocenters. The van der Waals surface area contributed by atoms with Gasteiger partial charge in [0.1, 0.15) is 0 Å². The molecule has 0 unspecified atom stereocenters. The van der Waals surface area contributed by atoms with Crippen molar-refractivity contribution in [1.29, 1.82) is 5.26 Å². The van der Waals surface area contributed by atoms with Gasteiger partial charge in [0.05, 0.1) is 35.9 Å². The molecular formula is C9H7ClF2N2O. The maximum atomic E-state index is 12.6. The first-order chi connectivity index (χ1) is 7.11. The predicted octanol–water partition coefficient (Wildman–Crippen LogP) is 2.75. The van der Waals surface area contributed by atoms with Crippen LogP contribution in [0.25, 0.3) is 0 Å². The fourth-order valence-electron chi connectivity index (χ4n) is 1.16. The van der Waals surface area contributed by atoms with Crippen LogP contribution in [0.4, 0.5) is 8.78 Å². The molecule has 0 aromatic carbocycles. The number of hydrogen-bond acceptors (Lipinski definition) is 3. The van der Waals surface area contributed by atoms with Crippen molar-refractivity contribution in [2.45, 2.75) is 12.8 Å². The summed E-state index contributed by atoms with van der Waals surface area (Å²) < 4.78 is 30.0. The van der Waals surface area contributed by atoms with E-state index < -0.39 is 12.0 Å². The molecule has 0 fully saturated rings. The molecule has 0 amide bonds. The van der Waals surface area contributed by atoms with Crippen LogP contribution in [-0.2, 0) is 6.42 Å². The zero-order valence-electron chi connectivity index (χ0n) is 7.80. The van der Waals surface area contributed by atoms with E-state index in [4.69, 9.17) is 21.6 Å². The van der Waals surface area contributed by atoms with Gasteiger partial charge in [-0.25, -0.2) is 8.78 Å². The number of rotatable bonds is 3. The molecule has 0 N–H and O–H groups in total. The second-order valence-corrected chi connectivity index (χ2v) is 3.04. The molecule has 0 spiro atoms. The van der Waals surface area contributed by atoms with E-state index >= 15 is 0 Å². The average molecular weight is 233 g/mol. The maximum absolute atomic E-state index is 12.6. The number of aromatic nitrogens is 1. The van der Waals surface area contributed by atoms with E-state index in [2.05, 4.69) is 4.98 Å². The quantitative estimate of drug-likeness (QED) is 0.805. The lowest BCUT2D eigenvalue weighted by Crippen LogP contribution is -2.01. The Balaban J connectivity index is 3.34. The highest BCUT2D eigenvalue weighted by atomic mass is 35.5. The molecule has 3 nitrogen and oxygen atoms in total. The van der Waals surface area contributed by atoms with E-state index in [1.54, 1.807) is 0 Å². The number of ether oxygens (including phenoxy) is 1. The molecule has 6 heteroatoms. The van der Waals surface area contributed by atoms with Crippen LogP contribution in [0.1, 0.15) is 17.7 Å². The van der Waals surface area contributed by atoms with Gasteiger partial charge in [-0.05, 0) is 0 Å². The molecular weight excluding hydrogens is 226 g/mol. The summed E-state index contributed by atoms with van der Waals surface area (Å²) >= 11 is 5.57. The molecule has 0 aliphatic carbocycles. The summed E-state index contributed by atoms with van der Waals surface area (Å²) in [6.07, 6.45) is -1.76. The van der Waals surface area contributed by atoms with Gasteiger partial charge in [0.25, 0.3) is 6.43 Å². The largest absolute Gasteiger partial charge is 0.494 e. The summed E-state index contributed by atoms with van der Waals surface area (Å²) in [5.74, 6) is -0.112. The zero-order valence-corrected chi connectivity index (χ0v) is 8.55. The van der Waals surface area contributed by atoms with Crippen LogP contribution >= 0.6 is 11.6 Å². The molecule has 0 saturated carbocycles. The predicted molar refractivity (Wildman–Crippen MR) is 50.1 cm³/mol. The minimum atomic E-state index is -2.76. The number of halogens is 3. The SMILES string of the molecule is COc1c(CC#N)ncc(Cl)c1C(F)F. The van der Waals surface area contributed by atoms with Crippen LogP contribution in [0.15, 0.2) is 6.20 Å². The summed E-state index contributed by atoms with van der Waals surface area (Å²) in [4.78, 5) is 3.77. The first-order valence-electron chi connectivity index (χ1n) is 3.98. The van der Waals surface area contributed by atoms with Gasteiger partial charge >= 0.3 is 0 Å². The number of nitriles is 1. The lowest BCUT2D eigenvalue weighted by molar-refractivity contribution is 0.146. The summed E-state index contributed by atoms with van der Waals surface area (Å²) in [5, 5.41) is 8.31. The highest BCUT2D eigenvalue weighted by Crippen LogP contribution is 2.36. The van der Waals surface area contributed by atoms with E-state index in [0.717, 1.165) is 6.20 Å². The van der Waals surface area contributed by atoms with E-state index in [1.807, 2.05) is 6.07 Å². The third kappa shape index (κ3) is 2.34. The number of methoxy groups -OCH3 is 1.